The minimum atomic E-state index is -1.10. The van der Waals surface area contributed by atoms with Gasteiger partial charge in [-0.25, -0.2) is 9.37 Å². The number of alkyl halides is 1. The zero-order chi connectivity index (χ0) is 24.3. The Balaban J connectivity index is 1.51. The van der Waals surface area contributed by atoms with Gasteiger partial charge in [0.2, 0.25) is 11.8 Å². The van der Waals surface area contributed by atoms with E-state index in [9.17, 15) is 14.3 Å². The molecule has 34 heavy (non-hydrogen) atoms. The molecular weight excluding hydrogens is 433 g/mol. The monoisotopic (exact) mass is 469 g/mol. The van der Waals surface area contributed by atoms with E-state index in [1.54, 1.807) is 6.20 Å². The maximum Gasteiger partial charge on any atom is 0.218 e. The second-order valence-electron chi connectivity index (χ2n) is 10.2. The molecule has 1 aromatic heterocycles. The zero-order valence-corrected chi connectivity index (χ0v) is 20.3. The molecule has 6 nitrogen and oxygen atoms in total. The molecule has 0 radical (unpaired) electrons. The molecule has 2 aliphatic rings. The van der Waals surface area contributed by atoms with Crippen molar-refractivity contribution in [3.05, 3.63) is 59.3 Å². The average molecular weight is 470 g/mol. The molecule has 7 heteroatoms. The molecule has 1 aromatic carbocycles. The quantitative estimate of drug-likeness (QED) is 0.513. The molecule has 3 N–H and O–H groups in total. The Morgan fingerprint density at radius 2 is 2.03 bits per heavy atom. The number of fused-ring (bicyclic) bond motifs is 1. The van der Waals surface area contributed by atoms with Gasteiger partial charge in [0.1, 0.15) is 11.8 Å². The van der Waals surface area contributed by atoms with E-state index < -0.39 is 18.3 Å². The number of aromatic nitrogens is 1. The summed E-state index contributed by atoms with van der Waals surface area (Å²) in [6.45, 7) is 5.45. The van der Waals surface area contributed by atoms with Crippen LogP contribution in [0.25, 0.3) is 0 Å². The highest BCUT2D eigenvalue weighted by molar-refractivity contribution is 5.73. The van der Waals surface area contributed by atoms with Crippen LogP contribution in [0.15, 0.2) is 42.6 Å². The lowest BCUT2D eigenvalue weighted by molar-refractivity contribution is -0.120. The van der Waals surface area contributed by atoms with Crippen molar-refractivity contribution in [3.8, 4) is 5.88 Å². The molecule has 1 fully saturated rings. The Labute approximate surface area is 201 Å². The highest BCUT2D eigenvalue weighted by Gasteiger charge is 2.46. The van der Waals surface area contributed by atoms with E-state index in [4.69, 9.17) is 4.74 Å². The molecule has 1 aliphatic carbocycles. The third kappa shape index (κ3) is 5.58. The number of benzene rings is 1. The number of nitrogens with one attached hydrogen (secondary N) is 2. The van der Waals surface area contributed by atoms with E-state index in [-0.39, 0.29) is 30.0 Å². The van der Waals surface area contributed by atoms with Crippen molar-refractivity contribution in [3.63, 3.8) is 0 Å². The van der Waals surface area contributed by atoms with Crippen molar-refractivity contribution in [1.82, 2.24) is 15.6 Å². The van der Waals surface area contributed by atoms with E-state index in [0.29, 0.717) is 17.9 Å². The number of aliphatic hydroxyl groups excluding tert-OH is 1. The molecule has 4 atom stereocenters. The fourth-order valence-corrected chi connectivity index (χ4v) is 4.96. The van der Waals surface area contributed by atoms with Gasteiger partial charge in [-0.3, -0.25) is 4.79 Å². The molecule has 0 saturated heterocycles. The number of nitrogens with zero attached hydrogens (tertiary/aromatic N) is 1. The Hall–Kier alpha value is -2.51. The molecule has 1 spiro atoms. The molecule has 1 aliphatic heterocycles. The smallest absolute Gasteiger partial charge is 0.218 e. The molecule has 2 aromatic rings. The minimum absolute atomic E-state index is 0.111. The van der Waals surface area contributed by atoms with Gasteiger partial charge in [-0.15, -0.1) is 0 Å². The van der Waals surface area contributed by atoms with Crippen LogP contribution in [0.3, 0.4) is 0 Å². The van der Waals surface area contributed by atoms with E-state index >= 15 is 0 Å². The van der Waals surface area contributed by atoms with Crippen LogP contribution in [0.5, 0.6) is 5.88 Å². The predicted molar refractivity (Wildman–Crippen MR) is 129 cm³/mol. The SMILES string of the molecule is CC(=O)N[C@@H](Cc1ccccc1)[C@@H](O)CN[C@H]1CC2(CCC2)Oc2ncc([C@@H](F)C(C)C)cc21. The first-order valence-corrected chi connectivity index (χ1v) is 12.3. The van der Waals surface area contributed by atoms with E-state index in [1.807, 2.05) is 50.2 Å². The number of halogens is 1. The van der Waals surface area contributed by atoms with Crippen LogP contribution in [0.2, 0.25) is 0 Å². The highest BCUT2D eigenvalue weighted by Crippen LogP contribution is 2.48. The van der Waals surface area contributed by atoms with Crippen LogP contribution in [0, 0.1) is 5.92 Å². The number of amides is 1. The molecule has 184 valence electrons. The first kappa shape index (κ1) is 24.6. The van der Waals surface area contributed by atoms with Crippen molar-refractivity contribution in [2.75, 3.05) is 6.54 Å². The summed E-state index contributed by atoms with van der Waals surface area (Å²) in [7, 11) is 0. The molecule has 0 bridgehead atoms. The largest absolute Gasteiger partial charge is 0.471 e. The molecular formula is C27H36FN3O3. The fourth-order valence-electron chi connectivity index (χ4n) is 4.96. The van der Waals surface area contributed by atoms with Gasteiger partial charge in [0.05, 0.1) is 12.1 Å². The third-order valence-electron chi connectivity index (χ3n) is 7.06. The van der Waals surface area contributed by atoms with Gasteiger partial charge < -0.3 is 20.5 Å². The summed E-state index contributed by atoms with van der Waals surface area (Å²) in [4.78, 5) is 16.3. The Bertz CT molecular complexity index is 980. The summed E-state index contributed by atoms with van der Waals surface area (Å²) in [6, 6.07) is 11.1. The number of hydrogen-bond acceptors (Lipinski definition) is 5. The number of aliphatic hydroxyl groups is 1. The van der Waals surface area contributed by atoms with E-state index in [1.165, 1.54) is 6.92 Å². The Morgan fingerprint density at radius 3 is 2.65 bits per heavy atom. The van der Waals surface area contributed by atoms with Gasteiger partial charge in [0.25, 0.3) is 0 Å². The van der Waals surface area contributed by atoms with Crippen molar-refractivity contribution in [2.24, 2.45) is 5.92 Å². The standard InChI is InChI=1S/C27H36FN3O3/c1-17(2)25(28)20-13-21-23(14-27(10-7-11-27)34-26(21)30-15-20)29-16-24(33)22(31-18(3)32)12-19-8-5-4-6-9-19/h4-6,8-9,13,15,17,22-25,29,33H,7,10-12,14,16H2,1-3H3,(H,31,32)/t22-,23-,24-,25-/m0/s1. The summed E-state index contributed by atoms with van der Waals surface area (Å²) < 4.78 is 21.0. The zero-order valence-electron chi connectivity index (χ0n) is 20.3. The number of carbonyl (C=O) groups is 1. The second-order valence-corrected chi connectivity index (χ2v) is 10.2. The molecule has 0 unspecified atom stereocenters. The lowest BCUT2D eigenvalue weighted by Gasteiger charge is -2.47. The van der Waals surface area contributed by atoms with Crippen LogP contribution >= 0.6 is 0 Å². The maximum absolute atomic E-state index is 14.8. The Kier molecular flexibility index (Phi) is 7.53. The van der Waals surface area contributed by atoms with Crippen molar-refractivity contribution in [1.29, 1.82) is 0 Å². The number of hydrogen-bond donors (Lipinski definition) is 3. The second kappa shape index (κ2) is 10.4. The lowest BCUT2D eigenvalue weighted by atomic mass is 9.73. The van der Waals surface area contributed by atoms with Gasteiger partial charge >= 0.3 is 0 Å². The summed E-state index contributed by atoms with van der Waals surface area (Å²) in [5.41, 5.74) is 2.19. The predicted octanol–water partition coefficient (Wildman–Crippen LogP) is 4.19. The van der Waals surface area contributed by atoms with Gasteiger partial charge in [0, 0.05) is 43.3 Å². The van der Waals surface area contributed by atoms with Crippen LogP contribution in [0.4, 0.5) is 4.39 Å². The first-order valence-electron chi connectivity index (χ1n) is 12.3. The van der Waals surface area contributed by atoms with Crippen molar-refractivity contribution < 1.29 is 19.0 Å². The van der Waals surface area contributed by atoms with Gasteiger partial charge in [-0.05, 0) is 43.2 Å². The number of pyridine rings is 1. The van der Waals surface area contributed by atoms with Gasteiger partial charge in [-0.2, -0.15) is 0 Å². The topological polar surface area (TPSA) is 83.5 Å². The number of carbonyl (C=O) groups excluding carboxylic acids is 1. The molecule has 1 saturated carbocycles. The summed E-state index contributed by atoms with van der Waals surface area (Å²) in [5, 5.41) is 17.4. The third-order valence-corrected chi connectivity index (χ3v) is 7.06. The van der Waals surface area contributed by atoms with Gasteiger partial charge in [-0.1, -0.05) is 44.2 Å². The number of rotatable bonds is 9. The maximum atomic E-state index is 14.8. The van der Waals surface area contributed by atoms with E-state index in [0.717, 1.165) is 36.8 Å². The van der Waals surface area contributed by atoms with Crippen LogP contribution in [-0.2, 0) is 11.2 Å². The summed E-state index contributed by atoms with van der Waals surface area (Å²) in [6.07, 6.45) is 4.02. The normalized spacial score (nSPS) is 21.2. The van der Waals surface area contributed by atoms with E-state index in [2.05, 4.69) is 15.6 Å². The van der Waals surface area contributed by atoms with Gasteiger partial charge in [0.15, 0.2) is 0 Å². The number of ether oxygens (including phenoxy) is 1. The fraction of sp³-hybridized carbons (Fsp3) is 0.556. The summed E-state index contributed by atoms with van der Waals surface area (Å²) in [5.74, 6) is 0.230. The highest BCUT2D eigenvalue weighted by atomic mass is 19.1. The molecule has 4 rings (SSSR count). The minimum Gasteiger partial charge on any atom is -0.471 e. The summed E-state index contributed by atoms with van der Waals surface area (Å²) >= 11 is 0. The molecule has 2 heterocycles. The average Bonchev–Trinajstić information content (AvgIpc) is 2.80. The first-order chi connectivity index (χ1) is 16.3. The van der Waals surface area contributed by atoms with Crippen LogP contribution in [-0.4, -0.2) is 40.3 Å². The molecule has 1 amide bonds. The lowest BCUT2D eigenvalue weighted by Crippen LogP contribution is -2.52. The van der Waals surface area contributed by atoms with Crippen molar-refractivity contribution >= 4 is 5.91 Å². The van der Waals surface area contributed by atoms with Crippen LogP contribution < -0.4 is 15.4 Å². The van der Waals surface area contributed by atoms with Crippen LogP contribution in [0.1, 0.15) is 75.4 Å². The Morgan fingerprint density at radius 1 is 1.29 bits per heavy atom. The van der Waals surface area contributed by atoms with Crippen molar-refractivity contribution in [2.45, 2.75) is 82.8 Å².